The summed E-state index contributed by atoms with van der Waals surface area (Å²) < 4.78 is 2.91. The van der Waals surface area contributed by atoms with Gasteiger partial charge in [-0.15, -0.1) is 0 Å². The number of nitrogens with zero attached hydrogens (tertiary/aromatic N) is 3. The molecule has 0 bridgehead atoms. The number of hydrogen-bond acceptors (Lipinski definition) is 4. The highest BCUT2D eigenvalue weighted by atomic mass is 16.2. The number of aromatic nitrogens is 4. The van der Waals surface area contributed by atoms with Crippen molar-refractivity contribution in [2.24, 2.45) is 0 Å². The third-order valence-corrected chi connectivity index (χ3v) is 6.35. The van der Waals surface area contributed by atoms with Gasteiger partial charge in [-0.3, -0.25) is 18.7 Å². The van der Waals surface area contributed by atoms with E-state index in [4.69, 9.17) is 0 Å². The highest BCUT2D eigenvalue weighted by Crippen LogP contribution is 2.20. The van der Waals surface area contributed by atoms with Crippen LogP contribution in [0, 0.1) is 0 Å². The van der Waals surface area contributed by atoms with E-state index in [1.807, 2.05) is 84.9 Å². The van der Waals surface area contributed by atoms with Crippen LogP contribution in [0.3, 0.4) is 0 Å². The van der Waals surface area contributed by atoms with Gasteiger partial charge in [0, 0.05) is 18.7 Å². The maximum absolute atomic E-state index is 13.6. The largest absolute Gasteiger partial charge is 0.332 e. The predicted molar refractivity (Wildman–Crippen MR) is 145 cm³/mol. The Morgan fingerprint density at radius 2 is 1.35 bits per heavy atom. The second kappa shape index (κ2) is 10.9. The number of nitrogens with one attached hydrogen (secondary N) is 1. The first-order chi connectivity index (χ1) is 18.1. The maximum atomic E-state index is 13.6. The molecule has 184 valence electrons. The zero-order chi connectivity index (χ0) is 25.6. The van der Waals surface area contributed by atoms with Crippen molar-refractivity contribution in [2.45, 2.75) is 25.9 Å². The Bertz CT molecular complexity index is 1660. The molecule has 5 rings (SSSR count). The average molecular weight is 491 g/mol. The molecule has 0 spiro atoms. The minimum atomic E-state index is -0.403. The van der Waals surface area contributed by atoms with E-state index in [9.17, 15) is 14.4 Å². The van der Waals surface area contributed by atoms with Crippen LogP contribution < -0.4 is 11.2 Å². The van der Waals surface area contributed by atoms with E-state index in [-0.39, 0.29) is 17.8 Å². The number of aromatic amines is 1. The van der Waals surface area contributed by atoms with Gasteiger partial charge in [0.2, 0.25) is 0 Å². The lowest BCUT2D eigenvalue weighted by Gasteiger charge is -2.12. The lowest BCUT2D eigenvalue weighted by atomic mass is 10.1. The van der Waals surface area contributed by atoms with E-state index in [2.05, 4.69) is 9.97 Å². The van der Waals surface area contributed by atoms with E-state index in [0.29, 0.717) is 30.9 Å². The van der Waals surface area contributed by atoms with Gasteiger partial charge in [-0.05, 0) is 35.6 Å². The zero-order valence-electron chi connectivity index (χ0n) is 20.2. The van der Waals surface area contributed by atoms with Crippen LogP contribution in [-0.2, 0) is 30.7 Å². The van der Waals surface area contributed by atoms with Crippen LogP contribution in [0.5, 0.6) is 0 Å². The van der Waals surface area contributed by atoms with Crippen LogP contribution in [0.1, 0.15) is 16.7 Å². The number of carbonyl (C=O) groups is 1. The van der Waals surface area contributed by atoms with Gasteiger partial charge in [0.25, 0.3) is 5.56 Å². The molecular weight excluding hydrogens is 464 g/mol. The summed E-state index contributed by atoms with van der Waals surface area (Å²) in [6.45, 7) is 0.672. The molecular formula is C30H26N4O3. The molecule has 5 aromatic rings. The number of allylic oxidation sites excluding steroid dienone is 1. The second-order valence-electron chi connectivity index (χ2n) is 8.76. The molecule has 7 heteroatoms. The molecule has 0 aliphatic rings. The minimum Gasteiger partial charge on any atom is -0.324 e. The molecule has 0 fully saturated rings. The van der Waals surface area contributed by atoms with Crippen molar-refractivity contribution in [2.75, 3.05) is 0 Å². The number of fused-ring (bicyclic) bond motifs is 1. The number of hydrogen-bond donors (Lipinski definition) is 1. The molecule has 0 saturated carbocycles. The summed E-state index contributed by atoms with van der Waals surface area (Å²) in [5, 5.41) is 0. The monoisotopic (exact) mass is 490 g/mol. The van der Waals surface area contributed by atoms with Gasteiger partial charge in [-0.2, -0.15) is 0 Å². The van der Waals surface area contributed by atoms with Crippen LogP contribution in [-0.4, -0.2) is 25.4 Å². The van der Waals surface area contributed by atoms with Crippen LogP contribution in [0.4, 0.5) is 0 Å². The Balaban J connectivity index is 1.57. The fraction of sp³-hybridized carbons (Fsp3) is 0.133. The smallest absolute Gasteiger partial charge is 0.324 e. The maximum Gasteiger partial charge on any atom is 0.332 e. The molecule has 2 aromatic heterocycles. The number of imidazole rings is 1. The Morgan fingerprint density at radius 3 is 1.95 bits per heavy atom. The lowest BCUT2D eigenvalue weighted by Crippen LogP contribution is -2.41. The number of benzene rings is 3. The van der Waals surface area contributed by atoms with Crippen molar-refractivity contribution >= 4 is 23.5 Å². The topological polar surface area (TPSA) is 89.8 Å². The van der Waals surface area contributed by atoms with E-state index in [1.54, 1.807) is 10.6 Å². The first-order valence-corrected chi connectivity index (χ1v) is 12.2. The molecule has 0 aliphatic carbocycles. The van der Waals surface area contributed by atoms with Gasteiger partial charge >= 0.3 is 5.69 Å². The van der Waals surface area contributed by atoms with E-state index in [1.165, 1.54) is 10.6 Å². The third-order valence-electron chi connectivity index (χ3n) is 6.35. The van der Waals surface area contributed by atoms with Crippen LogP contribution in [0.15, 0.2) is 101 Å². The van der Waals surface area contributed by atoms with Gasteiger partial charge in [0.05, 0.1) is 0 Å². The van der Waals surface area contributed by atoms with Crippen LogP contribution in [0.2, 0.25) is 0 Å². The zero-order valence-corrected chi connectivity index (χ0v) is 20.2. The van der Waals surface area contributed by atoms with Crippen molar-refractivity contribution in [3.63, 3.8) is 0 Å². The van der Waals surface area contributed by atoms with Gasteiger partial charge in [-0.1, -0.05) is 91.0 Å². The Morgan fingerprint density at radius 1 is 0.757 bits per heavy atom. The molecule has 0 radical (unpaired) electrons. The quantitative estimate of drug-likeness (QED) is 0.247. The minimum absolute atomic E-state index is 0.237. The van der Waals surface area contributed by atoms with Crippen molar-refractivity contribution in [1.29, 1.82) is 0 Å². The van der Waals surface area contributed by atoms with Crippen molar-refractivity contribution in [3.05, 3.63) is 129 Å². The standard InChI is InChI=1S/C30H26N4O3/c35-21-7-12-24-13-15-25(16-14-24)27-31-26-28(32-27)33(19-17-22-8-3-1-4-9-22)30(37)34(29(26)36)20-18-23-10-5-2-6-11-23/h1-16,21H,17-20H2,(H,31,32)/b12-7+. The van der Waals surface area contributed by atoms with Crippen molar-refractivity contribution in [1.82, 2.24) is 19.1 Å². The molecule has 0 saturated heterocycles. The first-order valence-electron chi connectivity index (χ1n) is 12.2. The number of rotatable bonds is 9. The molecule has 1 N–H and O–H groups in total. The van der Waals surface area contributed by atoms with Gasteiger partial charge in [0.15, 0.2) is 5.52 Å². The number of aldehydes is 1. The fourth-order valence-corrected chi connectivity index (χ4v) is 4.38. The summed E-state index contributed by atoms with van der Waals surface area (Å²) >= 11 is 0. The summed E-state index contributed by atoms with van der Waals surface area (Å²) in [6, 6.07) is 27.2. The first kappa shape index (κ1) is 23.9. The highest BCUT2D eigenvalue weighted by Gasteiger charge is 2.18. The number of carbonyl (C=O) groups excluding carboxylic acids is 1. The average Bonchev–Trinajstić information content (AvgIpc) is 3.39. The SMILES string of the molecule is O=C/C=C/c1ccc(-c2nc3c(=O)n(CCc4ccccc4)c(=O)n(CCc4ccccc4)c3[nH]2)cc1. The van der Waals surface area contributed by atoms with Gasteiger partial charge in [-0.25, -0.2) is 9.78 Å². The van der Waals surface area contributed by atoms with E-state index < -0.39 is 5.56 Å². The molecule has 0 atom stereocenters. The molecule has 0 unspecified atom stereocenters. The van der Waals surface area contributed by atoms with Crippen molar-refractivity contribution < 1.29 is 4.79 Å². The molecule has 0 aliphatic heterocycles. The number of H-pyrrole nitrogens is 1. The summed E-state index contributed by atoms with van der Waals surface area (Å²) in [4.78, 5) is 45.5. The second-order valence-corrected chi connectivity index (χ2v) is 8.76. The predicted octanol–water partition coefficient (Wildman–Crippen LogP) is 4.25. The van der Waals surface area contributed by atoms with Crippen LogP contribution in [0.25, 0.3) is 28.6 Å². The Hall–Kier alpha value is -4.78. The molecule has 7 nitrogen and oxygen atoms in total. The van der Waals surface area contributed by atoms with Crippen molar-refractivity contribution in [3.8, 4) is 11.4 Å². The van der Waals surface area contributed by atoms with E-state index >= 15 is 0 Å². The number of aryl methyl sites for hydroxylation is 3. The Labute approximate surface area is 213 Å². The summed E-state index contributed by atoms with van der Waals surface area (Å²) in [5.74, 6) is 0.506. The van der Waals surface area contributed by atoms with E-state index in [0.717, 1.165) is 28.5 Å². The Kier molecular flexibility index (Phi) is 7.03. The van der Waals surface area contributed by atoms with Crippen LogP contribution >= 0.6 is 0 Å². The normalized spacial score (nSPS) is 11.4. The highest BCUT2D eigenvalue weighted by molar-refractivity contribution is 5.77. The summed E-state index contributed by atoms with van der Waals surface area (Å²) in [6.07, 6.45) is 5.07. The fourth-order valence-electron chi connectivity index (χ4n) is 4.38. The van der Waals surface area contributed by atoms with Gasteiger partial charge in [0.1, 0.15) is 17.8 Å². The van der Waals surface area contributed by atoms with Gasteiger partial charge < -0.3 is 4.98 Å². The summed E-state index contributed by atoms with van der Waals surface area (Å²) in [5.41, 5.74) is 3.70. The lowest BCUT2D eigenvalue weighted by molar-refractivity contribution is -0.104. The molecule has 37 heavy (non-hydrogen) atoms. The molecule has 0 amide bonds. The molecule has 3 aromatic carbocycles. The summed E-state index contributed by atoms with van der Waals surface area (Å²) in [7, 11) is 0. The molecule has 2 heterocycles. The third kappa shape index (κ3) is 5.26.